The van der Waals surface area contributed by atoms with Crippen LogP contribution in [0.15, 0.2) is 58.0 Å². The van der Waals surface area contributed by atoms with Gasteiger partial charge in [-0.2, -0.15) is 5.10 Å². The van der Waals surface area contributed by atoms with E-state index in [4.69, 9.17) is 4.42 Å². The van der Waals surface area contributed by atoms with Crippen molar-refractivity contribution in [3.05, 3.63) is 81.7 Å². The first-order valence-electron chi connectivity index (χ1n) is 9.83. The van der Waals surface area contributed by atoms with Crippen molar-refractivity contribution in [1.29, 1.82) is 0 Å². The minimum atomic E-state index is -0.564. The number of hydrogen-bond acceptors (Lipinski definition) is 4. The van der Waals surface area contributed by atoms with Gasteiger partial charge in [0.15, 0.2) is 0 Å². The molecule has 1 amide bonds. The second-order valence-corrected chi connectivity index (χ2v) is 7.77. The van der Waals surface area contributed by atoms with Gasteiger partial charge in [-0.3, -0.25) is 4.79 Å². The lowest BCUT2D eigenvalue weighted by Gasteiger charge is -2.18. The van der Waals surface area contributed by atoms with Crippen LogP contribution < -0.4 is 5.63 Å². The number of hydrogen-bond donors (Lipinski definition) is 0. The van der Waals surface area contributed by atoms with Crippen LogP contribution in [0, 0.1) is 12.8 Å². The number of aromatic nitrogens is 2. The molecule has 0 saturated carbocycles. The molecule has 2 aromatic heterocycles. The fourth-order valence-electron chi connectivity index (χ4n) is 3.24. The quantitative estimate of drug-likeness (QED) is 0.609. The molecule has 29 heavy (non-hydrogen) atoms. The summed E-state index contributed by atoms with van der Waals surface area (Å²) in [5.74, 6) is 0.814. The molecule has 0 spiro atoms. The van der Waals surface area contributed by atoms with E-state index in [2.05, 4.69) is 18.9 Å². The lowest BCUT2D eigenvalue weighted by atomic mass is 10.0. The van der Waals surface area contributed by atoms with E-state index in [-0.39, 0.29) is 11.5 Å². The number of carbonyl (C=O) groups is 1. The van der Waals surface area contributed by atoms with Crippen LogP contribution in [-0.4, -0.2) is 27.6 Å². The Bertz CT molecular complexity index is 1040. The molecule has 6 nitrogen and oxygen atoms in total. The van der Waals surface area contributed by atoms with Crippen LogP contribution in [0.4, 0.5) is 0 Å². The molecule has 152 valence electrons. The summed E-state index contributed by atoms with van der Waals surface area (Å²) in [6.45, 7) is 6.41. The highest BCUT2D eigenvalue weighted by Crippen LogP contribution is 2.15. The minimum Gasteiger partial charge on any atom is -0.427 e. The summed E-state index contributed by atoms with van der Waals surface area (Å²) in [7, 11) is 1.69. The summed E-state index contributed by atoms with van der Waals surface area (Å²) in [4.78, 5) is 27.0. The van der Waals surface area contributed by atoms with Crippen LogP contribution in [0.2, 0.25) is 0 Å². The maximum Gasteiger partial charge on any atom is 0.349 e. The van der Waals surface area contributed by atoms with E-state index in [0.717, 1.165) is 17.7 Å². The molecule has 0 aliphatic heterocycles. The molecule has 1 aromatic carbocycles. The van der Waals surface area contributed by atoms with Gasteiger partial charge < -0.3 is 9.32 Å². The van der Waals surface area contributed by atoms with Crippen LogP contribution in [-0.2, 0) is 13.0 Å². The molecule has 0 unspecified atom stereocenters. The normalized spacial score (nSPS) is 11.1. The predicted molar refractivity (Wildman–Crippen MR) is 112 cm³/mol. The number of rotatable bonds is 7. The molecule has 3 aromatic rings. The van der Waals surface area contributed by atoms with Gasteiger partial charge in [-0.25, -0.2) is 9.48 Å². The van der Waals surface area contributed by atoms with Crippen LogP contribution in [0.5, 0.6) is 0 Å². The lowest BCUT2D eigenvalue weighted by Crippen LogP contribution is -2.31. The molecule has 0 fully saturated rings. The predicted octanol–water partition coefficient (Wildman–Crippen LogP) is 3.99. The summed E-state index contributed by atoms with van der Waals surface area (Å²) in [5.41, 5.74) is 2.06. The van der Waals surface area contributed by atoms with Gasteiger partial charge in [-0.1, -0.05) is 26.0 Å². The Morgan fingerprint density at radius 1 is 1.24 bits per heavy atom. The highest BCUT2D eigenvalue weighted by Gasteiger charge is 2.21. The zero-order valence-corrected chi connectivity index (χ0v) is 17.4. The first kappa shape index (κ1) is 20.6. The van der Waals surface area contributed by atoms with E-state index in [1.807, 2.05) is 42.6 Å². The van der Waals surface area contributed by atoms with Gasteiger partial charge in [0.2, 0.25) is 0 Å². The standard InChI is InChI=1S/C23H27N3O3/c1-16(2)9-10-20-13-17(3)21(23(28)29-20)22(27)25(4)15-18-7-5-8-19(14-18)26-12-6-11-24-26/h5-8,11-14,16H,9-10,15H2,1-4H3. The van der Waals surface area contributed by atoms with Gasteiger partial charge in [0.1, 0.15) is 11.3 Å². The fourth-order valence-corrected chi connectivity index (χ4v) is 3.24. The Hall–Kier alpha value is -3.15. The monoisotopic (exact) mass is 393 g/mol. The summed E-state index contributed by atoms with van der Waals surface area (Å²) in [6.07, 6.45) is 5.21. The third kappa shape index (κ3) is 5.02. The zero-order valence-electron chi connectivity index (χ0n) is 17.4. The van der Waals surface area contributed by atoms with Crippen LogP contribution in [0.3, 0.4) is 0 Å². The molecule has 0 aliphatic carbocycles. The Kier molecular flexibility index (Phi) is 6.32. The lowest BCUT2D eigenvalue weighted by molar-refractivity contribution is 0.0779. The molecule has 0 aliphatic rings. The maximum absolute atomic E-state index is 12.9. The highest BCUT2D eigenvalue weighted by atomic mass is 16.4. The van der Waals surface area contributed by atoms with E-state index in [9.17, 15) is 9.59 Å². The Morgan fingerprint density at radius 3 is 2.69 bits per heavy atom. The number of carbonyl (C=O) groups excluding carboxylic acids is 1. The smallest absolute Gasteiger partial charge is 0.349 e. The molecule has 0 saturated heterocycles. The van der Waals surface area contributed by atoms with Crippen molar-refractivity contribution in [2.75, 3.05) is 7.05 Å². The number of aryl methyl sites for hydroxylation is 2. The van der Waals surface area contributed by atoms with Crippen molar-refractivity contribution in [2.24, 2.45) is 5.92 Å². The van der Waals surface area contributed by atoms with Gasteiger partial charge in [-0.05, 0) is 54.7 Å². The first-order chi connectivity index (χ1) is 13.8. The van der Waals surface area contributed by atoms with E-state index >= 15 is 0 Å². The van der Waals surface area contributed by atoms with E-state index in [1.54, 1.807) is 24.9 Å². The maximum atomic E-state index is 12.9. The zero-order chi connectivity index (χ0) is 21.0. The molecular formula is C23H27N3O3. The van der Waals surface area contributed by atoms with Crippen LogP contribution in [0.1, 0.15) is 47.5 Å². The molecular weight excluding hydrogens is 366 g/mol. The third-order valence-corrected chi connectivity index (χ3v) is 4.83. The van der Waals surface area contributed by atoms with Crippen molar-refractivity contribution < 1.29 is 9.21 Å². The first-order valence-corrected chi connectivity index (χ1v) is 9.83. The molecule has 0 N–H and O–H groups in total. The minimum absolute atomic E-state index is 0.101. The van der Waals surface area contributed by atoms with Crippen LogP contribution >= 0.6 is 0 Å². The van der Waals surface area contributed by atoms with Crippen molar-refractivity contribution in [2.45, 2.75) is 40.2 Å². The SMILES string of the molecule is Cc1cc(CCC(C)C)oc(=O)c1C(=O)N(C)Cc1cccc(-n2cccn2)c1. The summed E-state index contributed by atoms with van der Waals surface area (Å²) in [5, 5.41) is 4.23. The highest BCUT2D eigenvalue weighted by molar-refractivity contribution is 5.94. The fraction of sp³-hybridized carbons (Fsp3) is 0.348. The summed E-state index contributed by atoms with van der Waals surface area (Å²) < 4.78 is 7.18. The Balaban J connectivity index is 1.77. The summed E-state index contributed by atoms with van der Waals surface area (Å²) >= 11 is 0. The molecule has 3 rings (SSSR count). The van der Waals surface area contributed by atoms with Gasteiger partial charge in [-0.15, -0.1) is 0 Å². The third-order valence-electron chi connectivity index (χ3n) is 4.83. The van der Waals surface area contributed by atoms with E-state index < -0.39 is 5.63 Å². The molecule has 2 heterocycles. The Morgan fingerprint density at radius 2 is 2.03 bits per heavy atom. The van der Waals surface area contributed by atoms with Crippen molar-refractivity contribution in [3.63, 3.8) is 0 Å². The number of amides is 1. The Labute approximate surface area is 170 Å². The van der Waals surface area contributed by atoms with Crippen molar-refractivity contribution in [3.8, 4) is 5.69 Å². The van der Waals surface area contributed by atoms with Gasteiger partial charge >= 0.3 is 5.63 Å². The molecule has 0 atom stereocenters. The number of benzene rings is 1. The largest absolute Gasteiger partial charge is 0.427 e. The average molecular weight is 393 g/mol. The van der Waals surface area contributed by atoms with Gasteiger partial charge in [0, 0.05) is 32.4 Å². The average Bonchev–Trinajstić information content (AvgIpc) is 3.21. The molecule has 0 bridgehead atoms. The number of nitrogens with zero attached hydrogens (tertiary/aromatic N) is 3. The van der Waals surface area contributed by atoms with E-state index in [1.165, 1.54) is 4.90 Å². The molecule has 0 radical (unpaired) electrons. The van der Waals surface area contributed by atoms with E-state index in [0.29, 0.717) is 30.2 Å². The van der Waals surface area contributed by atoms with Crippen molar-refractivity contribution in [1.82, 2.24) is 14.7 Å². The van der Waals surface area contributed by atoms with Crippen LogP contribution in [0.25, 0.3) is 5.69 Å². The molecule has 6 heteroatoms. The second kappa shape index (κ2) is 8.90. The second-order valence-electron chi connectivity index (χ2n) is 7.77. The van der Waals surface area contributed by atoms with Gasteiger partial charge in [0.05, 0.1) is 5.69 Å². The topological polar surface area (TPSA) is 68.3 Å². The summed E-state index contributed by atoms with van der Waals surface area (Å²) in [6, 6.07) is 11.5. The van der Waals surface area contributed by atoms with Crippen molar-refractivity contribution >= 4 is 5.91 Å². The van der Waals surface area contributed by atoms with Gasteiger partial charge in [0.25, 0.3) is 5.91 Å².